The van der Waals surface area contributed by atoms with E-state index in [4.69, 9.17) is 9.47 Å². The fraction of sp³-hybridized carbons (Fsp3) is 0.778. The molecule has 0 aromatic carbocycles. The number of hydrogen-bond donors (Lipinski definition) is 0. The van der Waals surface area contributed by atoms with Crippen molar-refractivity contribution >= 4 is 0 Å². The molecular formula is C9H16O2. The van der Waals surface area contributed by atoms with Gasteiger partial charge in [-0.15, -0.1) is 0 Å². The van der Waals surface area contributed by atoms with E-state index >= 15 is 0 Å². The smallest absolute Gasteiger partial charge is 0.179 e. The summed E-state index contributed by atoms with van der Waals surface area (Å²) in [5, 5.41) is 0. The Labute approximate surface area is 68.2 Å². The topological polar surface area (TPSA) is 18.5 Å². The van der Waals surface area contributed by atoms with Gasteiger partial charge in [0.2, 0.25) is 0 Å². The second-order valence-electron chi connectivity index (χ2n) is 3.31. The van der Waals surface area contributed by atoms with E-state index in [2.05, 4.69) is 20.4 Å². The van der Waals surface area contributed by atoms with Gasteiger partial charge in [-0.25, -0.2) is 0 Å². The van der Waals surface area contributed by atoms with Gasteiger partial charge in [0.05, 0.1) is 12.2 Å². The monoisotopic (exact) mass is 156 g/mol. The average Bonchev–Trinajstić information content (AvgIpc) is 1.85. The predicted molar refractivity (Wildman–Crippen MR) is 44.3 cm³/mol. The molecule has 1 saturated heterocycles. The van der Waals surface area contributed by atoms with E-state index in [9.17, 15) is 0 Å². The Kier molecular flexibility index (Phi) is 2.68. The normalized spacial score (nSPS) is 38.6. The van der Waals surface area contributed by atoms with E-state index in [0.29, 0.717) is 12.2 Å². The van der Waals surface area contributed by atoms with Gasteiger partial charge in [0.25, 0.3) is 0 Å². The van der Waals surface area contributed by atoms with Crippen LogP contribution in [0.2, 0.25) is 0 Å². The van der Waals surface area contributed by atoms with Crippen LogP contribution in [0.25, 0.3) is 0 Å². The molecule has 64 valence electrons. The highest BCUT2D eigenvalue weighted by Crippen LogP contribution is 2.21. The SMILES string of the molecule is C=C(C)C1O[C@H](C)C[C@@H](C)O1. The molecule has 0 amide bonds. The lowest BCUT2D eigenvalue weighted by Gasteiger charge is -2.32. The maximum absolute atomic E-state index is 5.50. The van der Waals surface area contributed by atoms with Crippen LogP contribution in [0, 0.1) is 0 Å². The van der Waals surface area contributed by atoms with Crippen LogP contribution in [0.15, 0.2) is 12.2 Å². The molecule has 0 aromatic heterocycles. The van der Waals surface area contributed by atoms with Gasteiger partial charge in [-0.3, -0.25) is 0 Å². The zero-order chi connectivity index (χ0) is 8.43. The van der Waals surface area contributed by atoms with E-state index in [1.807, 2.05) is 6.92 Å². The Bertz CT molecular complexity index is 144. The van der Waals surface area contributed by atoms with Crippen LogP contribution in [-0.4, -0.2) is 18.5 Å². The van der Waals surface area contributed by atoms with E-state index in [0.717, 1.165) is 12.0 Å². The Balaban J connectivity index is 2.49. The molecule has 2 nitrogen and oxygen atoms in total. The summed E-state index contributed by atoms with van der Waals surface area (Å²) < 4.78 is 11.0. The molecule has 0 bridgehead atoms. The van der Waals surface area contributed by atoms with Gasteiger partial charge in [-0.2, -0.15) is 0 Å². The predicted octanol–water partition coefficient (Wildman–Crippen LogP) is 2.10. The third-order valence-corrected chi connectivity index (χ3v) is 1.78. The molecular weight excluding hydrogens is 140 g/mol. The van der Waals surface area contributed by atoms with Crippen LogP contribution >= 0.6 is 0 Å². The van der Waals surface area contributed by atoms with Crippen molar-refractivity contribution in [3.63, 3.8) is 0 Å². The van der Waals surface area contributed by atoms with Crippen molar-refractivity contribution in [3.8, 4) is 0 Å². The molecule has 0 radical (unpaired) electrons. The molecule has 0 aliphatic carbocycles. The minimum Gasteiger partial charge on any atom is -0.346 e. The summed E-state index contributed by atoms with van der Waals surface area (Å²) >= 11 is 0. The lowest BCUT2D eigenvalue weighted by molar-refractivity contribution is -0.215. The maximum atomic E-state index is 5.50. The largest absolute Gasteiger partial charge is 0.346 e. The summed E-state index contributed by atoms with van der Waals surface area (Å²) in [6.07, 6.45) is 1.37. The molecule has 1 aliphatic heterocycles. The van der Waals surface area contributed by atoms with Gasteiger partial charge >= 0.3 is 0 Å². The molecule has 2 atom stereocenters. The van der Waals surface area contributed by atoms with Crippen molar-refractivity contribution < 1.29 is 9.47 Å². The van der Waals surface area contributed by atoms with E-state index < -0.39 is 0 Å². The van der Waals surface area contributed by atoms with Crippen LogP contribution in [-0.2, 0) is 9.47 Å². The van der Waals surface area contributed by atoms with Gasteiger partial charge in [-0.1, -0.05) is 6.58 Å². The first-order valence-electron chi connectivity index (χ1n) is 4.06. The zero-order valence-corrected chi connectivity index (χ0v) is 7.46. The standard InChI is InChI=1S/C9H16O2/c1-6(2)9-10-7(3)5-8(4)11-9/h7-9H,1,5H2,2-4H3/t7-,8-/m1/s1. The Hall–Kier alpha value is -0.340. The zero-order valence-electron chi connectivity index (χ0n) is 7.46. The molecule has 0 unspecified atom stereocenters. The third kappa shape index (κ3) is 2.31. The van der Waals surface area contributed by atoms with Crippen LogP contribution < -0.4 is 0 Å². The molecule has 1 aliphatic rings. The van der Waals surface area contributed by atoms with Gasteiger partial charge in [-0.05, 0) is 32.8 Å². The lowest BCUT2D eigenvalue weighted by atomic mass is 10.1. The van der Waals surface area contributed by atoms with E-state index in [1.165, 1.54) is 0 Å². The first-order chi connectivity index (χ1) is 5.09. The Morgan fingerprint density at radius 1 is 1.27 bits per heavy atom. The van der Waals surface area contributed by atoms with Crippen molar-refractivity contribution in [2.24, 2.45) is 0 Å². The highest BCUT2D eigenvalue weighted by atomic mass is 16.7. The average molecular weight is 156 g/mol. The molecule has 2 heteroatoms. The van der Waals surface area contributed by atoms with Crippen LogP contribution in [0.5, 0.6) is 0 Å². The number of rotatable bonds is 1. The van der Waals surface area contributed by atoms with Crippen molar-refractivity contribution in [2.75, 3.05) is 0 Å². The highest BCUT2D eigenvalue weighted by Gasteiger charge is 2.24. The summed E-state index contributed by atoms with van der Waals surface area (Å²) in [4.78, 5) is 0. The summed E-state index contributed by atoms with van der Waals surface area (Å²) in [7, 11) is 0. The second-order valence-corrected chi connectivity index (χ2v) is 3.31. The van der Waals surface area contributed by atoms with Gasteiger partial charge in [0, 0.05) is 0 Å². The van der Waals surface area contributed by atoms with Crippen LogP contribution in [0.1, 0.15) is 27.2 Å². The van der Waals surface area contributed by atoms with Crippen molar-refractivity contribution in [1.82, 2.24) is 0 Å². The first-order valence-corrected chi connectivity index (χ1v) is 4.06. The van der Waals surface area contributed by atoms with Crippen LogP contribution in [0.4, 0.5) is 0 Å². The van der Waals surface area contributed by atoms with Gasteiger partial charge in [0.15, 0.2) is 6.29 Å². The first kappa shape index (κ1) is 8.75. The molecule has 0 aromatic rings. The minimum absolute atomic E-state index is 0.186. The molecule has 1 heterocycles. The minimum atomic E-state index is -0.186. The molecule has 1 fully saturated rings. The fourth-order valence-corrected chi connectivity index (χ4v) is 1.26. The third-order valence-electron chi connectivity index (χ3n) is 1.78. The van der Waals surface area contributed by atoms with Crippen LogP contribution in [0.3, 0.4) is 0 Å². The summed E-state index contributed by atoms with van der Waals surface area (Å²) in [6, 6.07) is 0. The quantitative estimate of drug-likeness (QED) is 0.541. The molecule has 0 N–H and O–H groups in total. The fourth-order valence-electron chi connectivity index (χ4n) is 1.26. The number of ether oxygens (including phenoxy) is 2. The molecule has 0 spiro atoms. The van der Waals surface area contributed by atoms with E-state index in [-0.39, 0.29) is 6.29 Å². The molecule has 1 rings (SSSR count). The lowest BCUT2D eigenvalue weighted by Crippen LogP contribution is -2.35. The summed E-state index contributed by atoms with van der Waals surface area (Å²) in [6.45, 7) is 9.85. The van der Waals surface area contributed by atoms with Crippen molar-refractivity contribution in [3.05, 3.63) is 12.2 Å². The van der Waals surface area contributed by atoms with Crippen molar-refractivity contribution in [1.29, 1.82) is 0 Å². The van der Waals surface area contributed by atoms with Gasteiger partial charge < -0.3 is 9.47 Å². The number of hydrogen-bond acceptors (Lipinski definition) is 2. The Morgan fingerprint density at radius 3 is 2.09 bits per heavy atom. The Morgan fingerprint density at radius 2 is 1.73 bits per heavy atom. The molecule has 0 saturated carbocycles. The van der Waals surface area contributed by atoms with E-state index in [1.54, 1.807) is 0 Å². The maximum Gasteiger partial charge on any atom is 0.179 e. The van der Waals surface area contributed by atoms with Gasteiger partial charge in [0.1, 0.15) is 0 Å². The summed E-state index contributed by atoms with van der Waals surface area (Å²) in [5.74, 6) is 0. The highest BCUT2D eigenvalue weighted by molar-refractivity contribution is 4.94. The second kappa shape index (κ2) is 3.37. The molecule has 11 heavy (non-hydrogen) atoms. The summed E-state index contributed by atoms with van der Waals surface area (Å²) in [5.41, 5.74) is 0.948. The van der Waals surface area contributed by atoms with Crippen molar-refractivity contribution in [2.45, 2.75) is 45.7 Å².